The molecule has 1 heterocycles. The molecule has 2 aliphatic carbocycles. The predicted octanol–water partition coefficient (Wildman–Crippen LogP) is 3.26. The summed E-state index contributed by atoms with van der Waals surface area (Å²) < 4.78 is 2.46. The number of fused-ring (bicyclic) bond motifs is 1. The van der Waals surface area contributed by atoms with Crippen molar-refractivity contribution >= 4 is 11.0 Å². The lowest BCUT2D eigenvalue weighted by atomic mass is 10.2. The maximum Gasteiger partial charge on any atom is 0.124 e. The lowest BCUT2D eigenvalue weighted by Gasteiger charge is -2.13. The van der Waals surface area contributed by atoms with E-state index in [1.165, 1.54) is 37.0 Å². The van der Waals surface area contributed by atoms with Crippen LogP contribution in [0.5, 0.6) is 0 Å². The van der Waals surface area contributed by atoms with Crippen LogP contribution in [0.15, 0.2) is 24.3 Å². The standard InChI is InChI=1S/C16H21N3/c1-11(12-6-7-12)17-10-16-18-14-4-2-3-5-15(14)19(16)13-8-9-13/h2-5,11-13,17H,6-10H2,1H3/t11-/m0/s1. The largest absolute Gasteiger partial charge is 0.324 e. The van der Waals surface area contributed by atoms with Crippen molar-refractivity contribution in [2.75, 3.05) is 0 Å². The third-order valence-corrected chi connectivity index (χ3v) is 4.49. The van der Waals surface area contributed by atoms with Crippen molar-refractivity contribution in [2.45, 2.75) is 51.2 Å². The topological polar surface area (TPSA) is 29.9 Å². The normalized spacial score (nSPS) is 20.9. The van der Waals surface area contributed by atoms with Crippen LogP contribution in [-0.2, 0) is 6.54 Å². The molecule has 3 nitrogen and oxygen atoms in total. The van der Waals surface area contributed by atoms with Gasteiger partial charge in [0.05, 0.1) is 17.6 Å². The first-order valence-corrected chi connectivity index (χ1v) is 7.52. The number of hydrogen-bond donors (Lipinski definition) is 1. The summed E-state index contributed by atoms with van der Waals surface area (Å²) in [7, 11) is 0. The molecule has 0 radical (unpaired) electrons. The molecule has 100 valence electrons. The zero-order valence-corrected chi connectivity index (χ0v) is 11.5. The molecule has 19 heavy (non-hydrogen) atoms. The molecule has 0 unspecified atom stereocenters. The summed E-state index contributed by atoms with van der Waals surface area (Å²) in [6.07, 6.45) is 5.41. The third kappa shape index (κ3) is 2.16. The van der Waals surface area contributed by atoms with Crippen LogP contribution in [0.4, 0.5) is 0 Å². The average Bonchev–Trinajstić information content (AvgIpc) is 3.31. The van der Waals surface area contributed by atoms with E-state index in [1.54, 1.807) is 0 Å². The number of aromatic nitrogens is 2. The van der Waals surface area contributed by atoms with Gasteiger partial charge in [0, 0.05) is 12.1 Å². The van der Waals surface area contributed by atoms with E-state index >= 15 is 0 Å². The molecule has 0 amide bonds. The molecule has 2 fully saturated rings. The molecule has 0 bridgehead atoms. The second-order valence-corrected chi connectivity index (χ2v) is 6.12. The lowest BCUT2D eigenvalue weighted by molar-refractivity contribution is 0.479. The van der Waals surface area contributed by atoms with Gasteiger partial charge >= 0.3 is 0 Å². The van der Waals surface area contributed by atoms with Crippen LogP contribution in [-0.4, -0.2) is 15.6 Å². The van der Waals surface area contributed by atoms with Crippen LogP contribution in [0.3, 0.4) is 0 Å². The van der Waals surface area contributed by atoms with Gasteiger partial charge in [0.15, 0.2) is 0 Å². The Kier molecular flexibility index (Phi) is 2.62. The molecule has 0 spiro atoms. The molecule has 2 aliphatic rings. The molecule has 1 N–H and O–H groups in total. The van der Waals surface area contributed by atoms with Gasteiger partial charge in [0.1, 0.15) is 5.82 Å². The fraction of sp³-hybridized carbons (Fsp3) is 0.562. The number of nitrogens with one attached hydrogen (secondary N) is 1. The van der Waals surface area contributed by atoms with E-state index < -0.39 is 0 Å². The van der Waals surface area contributed by atoms with E-state index in [0.717, 1.165) is 18.0 Å². The highest BCUT2D eigenvalue weighted by Crippen LogP contribution is 2.38. The highest BCUT2D eigenvalue weighted by atomic mass is 15.2. The van der Waals surface area contributed by atoms with E-state index in [9.17, 15) is 0 Å². The summed E-state index contributed by atoms with van der Waals surface area (Å²) in [5, 5.41) is 3.66. The lowest BCUT2D eigenvalue weighted by Crippen LogP contribution is -2.28. The molecular formula is C16H21N3. The van der Waals surface area contributed by atoms with Gasteiger partial charge in [-0.25, -0.2) is 4.98 Å². The van der Waals surface area contributed by atoms with Gasteiger partial charge in [0.25, 0.3) is 0 Å². The molecule has 2 aromatic rings. The summed E-state index contributed by atoms with van der Waals surface area (Å²) in [5.41, 5.74) is 2.45. The van der Waals surface area contributed by atoms with Gasteiger partial charge in [0.2, 0.25) is 0 Å². The minimum absolute atomic E-state index is 0.632. The number of rotatable bonds is 5. The van der Waals surface area contributed by atoms with Crippen molar-refractivity contribution in [1.82, 2.24) is 14.9 Å². The molecule has 1 atom stereocenters. The van der Waals surface area contributed by atoms with Crippen molar-refractivity contribution in [2.24, 2.45) is 5.92 Å². The number of nitrogens with zero attached hydrogens (tertiary/aromatic N) is 2. The molecule has 2 saturated carbocycles. The molecule has 0 aliphatic heterocycles. The van der Waals surface area contributed by atoms with Crippen molar-refractivity contribution in [3.8, 4) is 0 Å². The fourth-order valence-corrected chi connectivity index (χ4v) is 2.97. The number of benzene rings is 1. The van der Waals surface area contributed by atoms with Crippen molar-refractivity contribution in [3.05, 3.63) is 30.1 Å². The van der Waals surface area contributed by atoms with Gasteiger partial charge < -0.3 is 9.88 Å². The fourth-order valence-electron chi connectivity index (χ4n) is 2.97. The van der Waals surface area contributed by atoms with Crippen LogP contribution >= 0.6 is 0 Å². The van der Waals surface area contributed by atoms with Gasteiger partial charge in [-0.3, -0.25) is 0 Å². The zero-order chi connectivity index (χ0) is 12.8. The number of hydrogen-bond acceptors (Lipinski definition) is 2. The minimum atomic E-state index is 0.632. The Morgan fingerprint density at radius 3 is 2.79 bits per heavy atom. The van der Waals surface area contributed by atoms with Gasteiger partial charge in [-0.1, -0.05) is 12.1 Å². The second kappa shape index (κ2) is 4.34. The Morgan fingerprint density at radius 1 is 1.26 bits per heavy atom. The van der Waals surface area contributed by atoms with Crippen molar-refractivity contribution in [1.29, 1.82) is 0 Å². The van der Waals surface area contributed by atoms with E-state index in [4.69, 9.17) is 4.98 Å². The van der Waals surface area contributed by atoms with Crippen LogP contribution in [0.2, 0.25) is 0 Å². The number of para-hydroxylation sites is 2. The first-order valence-electron chi connectivity index (χ1n) is 7.52. The zero-order valence-electron chi connectivity index (χ0n) is 11.5. The molecule has 0 saturated heterocycles. The monoisotopic (exact) mass is 255 g/mol. The van der Waals surface area contributed by atoms with Crippen LogP contribution < -0.4 is 5.32 Å². The summed E-state index contributed by atoms with van der Waals surface area (Å²) in [5.74, 6) is 2.12. The maximum atomic E-state index is 4.83. The Hall–Kier alpha value is -1.35. The van der Waals surface area contributed by atoms with Crippen LogP contribution in [0.1, 0.15) is 44.5 Å². The van der Waals surface area contributed by atoms with Gasteiger partial charge in [-0.15, -0.1) is 0 Å². The Labute approximate surface area is 114 Å². The minimum Gasteiger partial charge on any atom is -0.324 e. The molecule has 1 aromatic heterocycles. The summed E-state index contributed by atoms with van der Waals surface area (Å²) >= 11 is 0. The van der Waals surface area contributed by atoms with Crippen LogP contribution in [0, 0.1) is 5.92 Å². The average molecular weight is 255 g/mol. The summed E-state index contributed by atoms with van der Waals surface area (Å²) in [4.78, 5) is 4.83. The summed E-state index contributed by atoms with van der Waals surface area (Å²) in [6.45, 7) is 3.21. The van der Waals surface area contributed by atoms with Crippen molar-refractivity contribution in [3.63, 3.8) is 0 Å². The smallest absolute Gasteiger partial charge is 0.124 e. The summed E-state index contributed by atoms with van der Waals surface area (Å²) in [6, 6.07) is 9.85. The Bertz CT molecular complexity index is 593. The highest BCUT2D eigenvalue weighted by Gasteiger charge is 2.30. The Morgan fingerprint density at radius 2 is 2.05 bits per heavy atom. The quantitative estimate of drug-likeness (QED) is 0.888. The first-order chi connectivity index (χ1) is 9.33. The van der Waals surface area contributed by atoms with Gasteiger partial charge in [-0.05, 0) is 50.7 Å². The molecule has 1 aromatic carbocycles. The van der Waals surface area contributed by atoms with E-state index in [0.29, 0.717) is 12.1 Å². The van der Waals surface area contributed by atoms with E-state index in [-0.39, 0.29) is 0 Å². The molecule has 4 rings (SSSR count). The van der Waals surface area contributed by atoms with Crippen molar-refractivity contribution < 1.29 is 0 Å². The third-order valence-electron chi connectivity index (χ3n) is 4.49. The maximum absolute atomic E-state index is 4.83. The van der Waals surface area contributed by atoms with Crippen LogP contribution in [0.25, 0.3) is 11.0 Å². The predicted molar refractivity (Wildman–Crippen MR) is 77.0 cm³/mol. The first kappa shape index (κ1) is 11.5. The van der Waals surface area contributed by atoms with Gasteiger partial charge in [-0.2, -0.15) is 0 Å². The second-order valence-electron chi connectivity index (χ2n) is 6.12. The molecular weight excluding hydrogens is 234 g/mol. The van der Waals surface area contributed by atoms with E-state index in [2.05, 4.69) is 41.1 Å². The SMILES string of the molecule is C[C@H](NCc1nc2ccccc2n1C1CC1)C1CC1. The Balaban J connectivity index is 1.62. The molecule has 3 heteroatoms. The number of imidazole rings is 1. The van der Waals surface area contributed by atoms with E-state index in [1.807, 2.05) is 0 Å². The highest BCUT2D eigenvalue weighted by molar-refractivity contribution is 5.76.